The third kappa shape index (κ3) is 2.97. The summed E-state index contributed by atoms with van der Waals surface area (Å²) in [5.74, 6) is 1.36. The number of nitrogens with zero attached hydrogens (tertiary/aromatic N) is 1. The van der Waals surface area contributed by atoms with Gasteiger partial charge in [0.05, 0.1) is 0 Å². The second-order valence-corrected chi connectivity index (χ2v) is 6.43. The third-order valence-electron chi connectivity index (χ3n) is 3.61. The van der Waals surface area contributed by atoms with E-state index < -0.39 is 0 Å². The molecule has 106 valence electrons. The first-order chi connectivity index (χ1) is 9.74. The van der Waals surface area contributed by atoms with E-state index in [-0.39, 0.29) is 6.10 Å². The molecular weight excluding hydrogens is 292 g/mol. The van der Waals surface area contributed by atoms with Crippen LogP contribution in [0.15, 0.2) is 29.8 Å². The minimum absolute atomic E-state index is 0.0184. The van der Waals surface area contributed by atoms with Crippen molar-refractivity contribution in [1.82, 2.24) is 10.3 Å². The molecular formula is C15H17ClN2OS. The molecule has 2 heterocycles. The van der Waals surface area contributed by atoms with Crippen molar-refractivity contribution in [1.29, 1.82) is 0 Å². The van der Waals surface area contributed by atoms with Gasteiger partial charge in [0.15, 0.2) is 6.10 Å². The third-order valence-corrected chi connectivity index (χ3v) is 4.68. The maximum Gasteiger partial charge on any atom is 0.154 e. The van der Waals surface area contributed by atoms with E-state index in [4.69, 9.17) is 16.3 Å². The number of hydrogen-bond donors (Lipinski definition) is 1. The first kappa shape index (κ1) is 13.9. The van der Waals surface area contributed by atoms with E-state index >= 15 is 0 Å². The molecule has 3 rings (SSSR count). The first-order valence-corrected chi connectivity index (χ1v) is 8.03. The molecule has 0 radical (unpaired) electrons. The molecule has 1 N–H and O–H groups in total. The lowest BCUT2D eigenvalue weighted by Crippen LogP contribution is -2.21. The number of hydrogen-bond acceptors (Lipinski definition) is 4. The van der Waals surface area contributed by atoms with Gasteiger partial charge < -0.3 is 10.1 Å². The van der Waals surface area contributed by atoms with Crippen LogP contribution in [-0.4, -0.2) is 18.1 Å². The Morgan fingerprint density at radius 1 is 1.50 bits per heavy atom. The van der Waals surface area contributed by atoms with Gasteiger partial charge in [-0.1, -0.05) is 11.6 Å². The highest BCUT2D eigenvalue weighted by Gasteiger charge is 2.30. The zero-order valence-electron chi connectivity index (χ0n) is 11.3. The van der Waals surface area contributed by atoms with Gasteiger partial charge in [-0.2, -0.15) is 0 Å². The van der Waals surface area contributed by atoms with Gasteiger partial charge in [-0.05, 0) is 43.7 Å². The minimum Gasteiger partial charge on any atom is -0.483 e. The number of nitrogens with one attached hydrogen (secondary N) is 1. The average molecular weight is 309 g/mol. The fraction of sp³-hybridized carbons (Fsp3) is 0.400. The molecule has 2 aromatic rings. The van der Waals surface area contributed by atoms with Crippen LogP contribution < -0.4 is 10.1 Å². The molecule has 20 heavy (non-hydrogen) atoms. The Balaban J connectivity index is 1.86. The molecule has 0 amide bonds. The predicted octanol–water partition coefficient (Wildman–Crippen LogP) is 3.83. The highest BCUT2D eigenvalue weighted by Crippen LogP contribution is 2.34. The number of ether oxygens (including phenoxy) is 1. The molecule has 0 spiro atoms. The summed E-state index contributed by atoms with van der Waals surface area (Å²) < 4.78 is 6.28. The fourth-order valence-electron chi connectivity index (χ4n) is 2.54. The molecule has 5 heteroatoms. The Morgan fingerprint density at radius 2 is 2.40 bits per heavy atom. The molecule has 1 aliphatic rings. The Hall–Kier alpha value is -1.10. The topological polar surface area (TPSA) is 34.1 Å². The highest BCUT2D eigenvalue weighted by molar-refractivity contribution is 7.09. The number of benzene rings is 1. The monoisotopic (exact) mass is 308 g/mol. The maximum atomic E-state index is 6.28. The van der Waals surface area contributed by atoms with E-state index in [0.29, 0.717) is 5.92 Å². The second kappa shape index (κ2) is 6.12. The standard InChI is InChI=1S/C15H17ClN2OS/c1-10-8-12(16)2-3-13(10)19-14(11-4-5-17-9-11)15-18-6-7-20-15/h2-3,6-8,11,14,17H,4-5,9H2,1H3. The van der Waals surface area contributed by atoms with Crippen LogP contribution in [0.1, 0.15) is 23.1 Å². The molecule has 0 saturated carbocycles. The summed E-state index contributed by atoms with van der Waals surface area (Å²) in [7, 11) is 0. The van der Waals surface area contributed by atoms with Crippen LogP contribution in [0.2, 0.25) is 5.02 Å². The lowest BCUT2D eigenvalue weighted by Gasteiger charge is -2.23. The van der Waals surface area contributed by atoms with Crippen LogP contribution >= 0.6 is 22.9 Å². The van der Waals surface area contributed by atoms with E-state index in [1.807, 2.05) is 36.7 Å². The van der Waals surface area contributed by atoms with Crippen molar-refractivity contribution in [2.24, 2.45) is 5.92 Å². The Morgan fingerprint density at radius 3 is 3.05 bits per heavy atom. The predicted molar refractivity (Wildman–Crippen MR) is 82.6 cm³/mol. The van der Waals surface area contributed by atoms with Crippen molar-refractivity contribution in [3.05, 3.63) is 45.4 Å². The lowest BCUT2D eigenvalue weighted by molar-refractivity contribution is 0.143. The number of aryl methyl sites for hydroxylation is 1. The van der Waals surface area contributed by atoms with E-state index in [9.17, 15) is 0 Å². The van der Waals surface area contributed by atoms with E-state index in [0.717, 1.165) is 40.9 Å². The summed E-state index contributed by atoms with van der Waals surface area (Å²) in [6.45, 7) is 4.05. The number of thiazole rings is 1. The summed E-state index contributed by atoms with van der Waals surface area (Å²) in [6.07, 6.45) is 2.98. The largest absolute Gasteiger partial charge is 0.483 e. The van der Waals surface area contributed by atoms with Crippen molar-refractivity contribution < 1.29 is 4.74 Å². The average Bonchev–Trinajstić information content (AvgIpc) is 3.11. The smallest absolute Gasteiger partial charge is 0.154 e. The zero-order chi connectivity index (χ0) is 13.9. The van der Waals surface area contributed by atoms with Gasteiger partial charge in [0.25, 0.3) is 0 Å². The lowest BCUT2D eigenvalue weighted by atomic mass is 10.0. The van der Waals surface area contributed by atoms with Gasteiger partial charge in [-0.3, -0.25) is 0 Å². The van der Waals surface area contributed by atoms with Crippen LogP contribution in [0.4, 0.5) is 0 Å². The van der Waals surface area contributed by atoms with Gasteiger partial charge >= 0.3 is 0 Å². The zero-order valence-corrected chi connectivity index (χ0v) is 12.9. The van der Waals surface area contributed by atoms with Gasteiger partial charge in [0, 0.05) is 29.1 Å². The van der Waals surface area contributed by atoms with E-state index in [1.165, 1.54) is 0 Å². The molecule has 1 aromatic heterocycles. The number of aromatic nitrogens is 1. The van der Waals surface area contributed by atoms with Crippen molar-refractivity contribution in [3.63, 3.8) is 0 Å². The summed E-state index contributed by atoms with van der Waals surface area (Å²) in [4.78, 5) is 4.44. The normalized spacial score (nSPS) is 20.0. The second-order valence-electron chi connectivity index (χ2n) is 5.07. The first-order valence-electron chi connectivity index (χ1n) is 6.77. The van der Waals surface area contributed by atoms with Crippen LogP contribution in [0.5, 0.6) is 5.75 Å². The van der Waals surface area contributed by atoms with Crippen molar-refractivity contribution in [2.45, 2.75) is 19.4 Å². The highest BCUT2D eigenvalue weighted by atomic mass is 35.5. The van der Waals surface area contributed by atoms with Gasteiger partial charge in [0.2, 0.25) is 0 Å². The summed E-state index contributed by atoms with van der Waals surface area (Å²) in [5, 5.41) is 7.19. The molecule has 1 aromatic carbocycles. The number of rotatable bonds is 4. The minimum atomic E-state index is 0.0184. The van der Waals surface area contributed by atoms with Crippen molar-refractivity contribution in [3.8, 4) is 5.75 Å². The fourth-order valence-corrected chi connectivity index (χ4v) is 3.52. The van der Waals surface area contributed by atoms with E-state index in [1.54, 1.807) is 11.3 Å². The van der Waals surface area contributed by atoms with E-state index in [2.05, 4.69) is 10.3 Å². The SMILES string of the molecule is Cc1cc(Cl)ccc1OC(c1nccs1)C1CCNC1. The summed E-state index contributed by atoms with van der Waals surface area (Å²) >= 11 is 7.66. The molecule has 3 nitrogen and oxygen atoms in total. The van der Waals surface area contributed by atoms with Gasteiger partial charge in [-0.25, -0.2) is 4.98 Å². The molecule has 0 bridgehead atoms. The van der Waals surface area contributed by atoms with Crippen molar-refractivity contribution in [2.75, 3.05) is 13.1 Å². The molecule has 1 aliphatic heterocycles. The van der Waals surface area contributed by atoms with Crippen LogP contribution in [0, 0.1) is 12.8 Å². The summed E-state index contributed by atoms with van der Waals surface area (Å²) in [6, 6.07) is 5.75. The Labute approximate surface area is 127 Å². The maximum absolute atomic E-state index is 6.28. The molecule has 2 unspecified atom stereocenters. The number of halogens is 1. The Kier molecular flexibility index (Phi) is 4.24. The quantitative estimate of drug-likeness (QED) is 0.932. The van der Waals surface area contributed by atoms with Crippen molar-refractivity contribution >= 4 is 22.9 Å². The van der Waals surface area contributed by atoms with Crippen LogP contribution in [-0.2, 0) is 0 Å². The van der Waals surface area contributed by atoms with Crippen LogP contribution in [0.3, 0.4) is 0 Å². The van der Waals surface area contributed by atoms with Gasteiger partial charge in [0.1, 0.15) is 10.8 Å². The molecule has 1 fully saturated rings. The molecule has 2 atom stereocenters. The van der Waals surface area contributed by atoms with Gasteiger partial charge in [-0.15, -0.1) is 11.3 Å². The summed E-state index contributed by atoms with van der Waals surface area (Å²) in [5.41, 5.74) is 1.06. The molecule has 0 aliphatic carbocycles. The van der Waals surface area contributed by atoms with Crippen LogP contribution in [0.25, 0.3) is 0 Å². The Bertz CT molecular complexity index is 567. The molecule has 1 saturated heterocycles.